The van der Waals surface area contributed by atoms with Crippen molar-refractivity contribution in [2.24, 2.45) is 5.73 Å². The minimum absolute atomic E-state index is 0.0816. The van der Waals surface area contributed by atoms with Crippen molar-refractivity contribution in [3.05, 3.63) is 64.6 Å². The SMILES string of the molecule is NC(=O)c1ccccc1NC(=O)CN1C(=O)S/C(=C/c2ccc(O)cc2)C1=O. The van der Waals surface area contributed by atoms with Crippen molar-refractivity contribution in [2.45, 2.75) is 0 Å². The fourth-order valence-electron chi connectivity index (χ4n) is 2.50. The molecule has 1 heterocycles. The minimum Gasteiger partial charge on any atom is -0.508 e. The Morgan fingerprint density at radius 2 is 1.79 bits per heavy atom. The number of amides is 4. The van der Waals surface area contributed by atoms with Crippen LogP contribution in [0.5, 0.6) is 5.75 Å². The highest BCUT2D eigenvalue weighted by atomic mass is 32.2. The normalized spacial score (nSPS) is 15.1. The maximum absolute atomic E-state index is 12.5. The largest absolute Gasteiger partial charge is 0.508 e. The molecule has 9 heteroatoms. The summed E-state index contributed by atoms with van der Waals surface area (Å²) in [4.78, 5) is 49.3. The molecule has 4 amide bonds. The number of carbonyl (C=O) groups excluding carboxylic acids is 4. The Labute approximate surface area is 164 Å². The zero-order valence-corrected chi connectivity index (χ0v) is 15.2. The molecular weight excluding hydrogens is 382 g/mol. The van der Waals surface area contributed by atoms with Gasteiger partial charge in [-0.3, -0.25) is 24.1 Å². The van der Waals surface area contributed by atoms with Gasteiger partial charge in [-0.05, 0) is 47.7 Å². The lowest BCUT2D eigenvalue weighted by Gasteiger charge is -2.13. The highest BCUT2D eigenvalue weighted by molar-refractivity contribution is 8.18. The second-order valence-electron chi connectivity index (χ2n) is 5.82. The standard InChI is InChI=1S/C19H15N3O5S/c20-17(25)13-3-1-2-4-14(13)21-16(24)10-22-18(26)15(28-19(22)27)9-11-5-7-12(23)8-6-11/h1-9,23H,10H2,(H2,20,25)(H,21,24)/b15-9+. The Morgan fingerprint density at radius 1 is 1.11 bits per heavy atom. The lowest BCUT2D eigenvalue weighted by atomic mass is 10.1. The van der Waals surface area contributed by atoms with Crippen molar-refractivity contribution in [3.8, 4) is 5.75 Å². The second kappa shape index (κ2) is 7.97. The van der Waals surface area contributed by atoms with Crippen LogP contribution in [0.3, 0.4) is 0 Å². The lowest BCUT2D eigenvalue weighted by molar-refractivity contribution is -0.127. The van der Waals surface area contributed by atoms with E-state index in [0.29, 0.717) is 5.56 Å². The summed E-state index contributed by atoms with van der Waals surface area (Å²) in [6.45, 7) is -0.495. The van der Waals surface area contributed by atoms with Crippen LogP contribution in [0, 0.1) is 0 Å². The van der Waals surface area contributed by atoms with E-state index in [-0.39, 0.29) is 21.9 Å². The summed E-state index contributed by atoms with van der Waals surface area (Å²) in [5.41, 5.74) is 6.21. The number of imide groups is 1. The second-order valence-corrected chi connectivity index (χ2v) is 6.81. The number of anilines is 1. The summed E-state index contributed by atoms with van der Waals surface area (Å²) in [6, 6.07) is 12.3. The van der Waals surface area contributed by atoms with Crippen molar-refractivity contribution >= 4 is 46.5 Å². The average molecular weight is 397 g/mol. The molecule has 0 saturated carbocycles. The number of para-hydroxylation sites is 1. The van der Waals surface area contributed by atoms with Gasteiger partial charge in [0.1, 0.15) is 12.3 Å². The van der Waals surface area contributed by atoms with E-state index in [4.69, 9.17) is 5.73 Å². The number of rotatable bonds is 5. The number of phenolic OH excluding ortho intramolecular Hbond substituents is 1. The molecule has 4 N–H and O–H groups in total. The molecule has 1 saturated heterocycles. The quantitative estimate of drug-likeness (QED) is 0.663. The molecule has 0 unspecified atom stereocenters. The van der Waals surface area contributed by atoms with Crippen LogP contribution in [0.2, 0.25) is 0 Å². The molecule has 0 aromatic heterocycles. The molecular formula is C19H15N3O5S. The third-order valence-electron chi connectivity index (χ3n) is 3.83. The van der Waals surface area contributed by atoms with Gasteiger partial charge in [0.15, 0.2) is 0 Å². The number of benzene rings is 2. The molecule has 8 nitrogen and oxygen atoms in total. The Kier molecular flexibility index (Phi) is 5.46. The van der Waals surface area contributed by atoms with Gasteiger partial charge in [0.25, 0.3) is 17.1 Å². The molecule has 0 radical (unpaired) electrons. The topological polar surface area (TPSA) is 130 Å². The molecule has 142 valence electrons. The van der Waals surface area contributed by atoms with Crippen molar-refractivity contribution in [3.63, 3.8) is 0 Å². The number of phenols is 1. The molecule has 1 aliphatic rings. The number of primary amides is 1. The van der Waals surface area contributed by atoms with Crippen molar-refractivity contribution in [2.75, 3.05) is 11.9 Å². The Balaban J connectivity index is 1.71. The van der Waals surface area contributed by atoms with E-state index in [1.165, 1.54) is 30.3 Å². The first-order valence-corrected chi connectivity index (χ1v) is 8.90. The first-order valence-electron chi connectivity index (χ1n) is 8.08. The number of hydrogen-bond acceptors (Lipinski definition) is 6. The number of nitrogens with one attached hydrogen (secondary N) is 1. The highest BCUT2D eigenvalue weighted by Gasteiger charge is 2.36. The predicted octanol–water partition coefficient (Wildman–Crippen LogP) is 2.17. The van der Waals surface area contributed by atoms with Crippen LogP contribution in [0.4, 0.5) is 10.5 Å². The summed E-state index contributed by atoms with van der Waals surface area (Å²) in [5, 5.41) is 11.2. The van der Waals surface area contributed by atoms with Crippen LogP contribution in [0.15, 0.2) is 53.4 Å². The van der Waals surface area contributed by atoms with Crippen LogP contribution in [-0.2, 0) is 9.59 Å². The van der Waals surface area contributed by atoms with Gasteiger partial charge < -0.3 is 16.2 Å². The predicted molar refractivity (Wildman–Crippen MR) is 104 cm³/mol. The number of hydrogen-bond donors (Lipinski definition) is 3. The number of nitrogens with zero attached hydrogens (tertiary/aromatic N) is 1. The Bertz CT molecular complexity index is 1000. The molecule has 1 aliphatic heterocycles. The van der Waals surface area contributed by atoms with E-state index < -0.39 is 29.5 Å². The van der Waals surface area contributed by atoms with Crippen molar-refractivity contribution < 1.29 is 24.3 Å². The van der Waals surface area contributed by atoms with Crippen LogP contribution in [0.1, 0.15) is 15.9 Å². The smallest absolute Gasteiger partial charge is 0.294 e. The molecule has 3 rings (SSSR count). The van der Waals surface area contributed by atoms with Gasteiger partial charge in [0.05, 0.1) is 16.2 Å². The highest BCUT2D eigenvalue weighted by Crippen LogP contribution is 2.32. The van der Waals surface area contributed by atoms with Crippen LogP contribution in [0.25, 0.3) is 6.08 Å². The minimum atomic E-state index is -0.709. The van der Waals surface area contributed by atoms with E-state index >= 15 is 0 Å². The van der Waals surface area contributed by atoms with Gasteiger partial charge in [0.2, 0.25) is 5.91 Å². The monoisotopic (exact) mass is 397 g/mol. The summed E-state index contributed by atoms with van der Waals surface area (Å²) < 4.78 is 0. The van der Waals surface area contributed by atoms with E-state index in [2.05, 4.69) is 5.32 Å². The van der Waals surface area contributed by atoms with E-state index in [9.17, 15) is 24.3 Å². The Hall–Kier alpha value is -3.59. The summed E-state index contributed by atoms with van der Waals surface area (Å²) in [5.74, 6) is -1.86. The molecule has 0 bridgehead atoms. The Morgan fingerprint density at radius 3 is 2.46 bits per heavy atom. The fraction of sp³-hybridized carbons (Fsp3) is 0.0526. The molecule has 0 aliphatic carbocycles. The van der Waals surface area contributed by atoms with Crippen molar-refractivity contribution in [1.82, 2.24) is 4.90 Å². The molecule has 1 fully saturated rings. The maximum Gasteiger partial charge on any atom is 0.294 e. The zero-order valence-electron chi connectivity index (χ0n) is 14.4. The van der Waals surface area contributed by atoms with Gasteiger partial charge in [-0.15, -0.1) is 0 Å². The first-order chi connectivity index (χ1) is 13.3. The van der Waals surface area contributed by atoms with E-state index in [1.54, 1.807) is 24.3 Å². The fourth-order valence-corrected chi connectivity index (χ4v) is 3.34. The zero-order chi connectivity index (χ0) is 20.3. The number of aromatic hydroxyl groups is 1. The van der Waals surface area contributed by atoms with Crippen molar-refractivity contribution in [1.29, 1.82) is 0 Å². The lowest BCUT2D eigenvalue weighted by Crippen LogP contribution is -2.36. The number of carbonyl (C=O) groups is 4. The van der Waals surface area contributed by atoms with Gasteiger partial charge in [-0.2, -0.15) is 0 Å². The third kappa shape index (κ3) is 4.21. The van der Waals surface area contributed by atoms with Gasteiger partial charge in [0, 0.05) is 0 Å². The average Bonchev–Trinajstić information content (AvgIpc) is 2.91. The molecule has 0 spiro atoms. The summed E-state index contributed by atoms with van der Waals surface area (Å²) in [6.07, 6.45) is 1.50. The molecule has 2 aromatic rings. The van der Waals surface area contributed by atoms with Gasteiger partial charge in [-0.1, -0.05) is 24.3 Å². The number of thioether (sulfide) groups is 1. The van der Waals surface area contributed by atoms with Crippen LogP contribution in [-0.4, -0.2) is 39.5 Å². The summed E-state index contributed by atoms with van der Waals surface area (Å²) in [7, 11) is 0. The molecule has 0 atom stereocenters. The number of nitrogens with two attached hydrogens (primary N) is 1. The van der Waals surface area contributed by atoms with Gasteiger partial charge in [-0.25, -0.2) is 0 Å². The summed E-state index contributed by atoms with van der Waals surface area (Å²) >= 11 is 0.719. The van der Waals surface area contributed by atoms with E-state index in [0.717, 1.165) is 16.7 Å². The van der Waals surface area contributed by atoms with Gasteiger partial charge >= 0.3 is 0 Å². The van der Waals surface area contributed by atoms with E-state index in [1.807, 2.05) is 0 Å². The first kappa shape index (κ1) is 19.2. The van der Waals surface area contributed by atoms with Crippen LogP contribution >= 0.6 is 11.8 Å². The molecule has 28 heavy (non-hydrogen) atoms. The van der Waals surface area contributed by atoms with Crippen LogP contribution < -0.4 is 11.1 Å². The third-order valence-corrected chi connectivity index (χ3v) is 4.74. The maximum atomic E-state index is 12.5. The molecule has 2 aromatic carbocycles.